The summed E-state index contributed by atoms with van der Waals surface area (Å²) in [5.74, 6) is -0.590. The second kappa shape index (κ2) is 8.34. The van der Waals surface area contributed by atoms with Crippen LogP contribution in [0.5, 0.6) is 11.5 Å². The van der Waals surface area contributed by atoms with E-state index < -0.39 is 11.9 Å². The zero-order valence-electron chi connectivity index (χ0n) is 15.9. The number of rotatable bonds is 5. The fraction of sp³-hybridized carbons (Fsp3) is 0.150. The van der Waals surface area contributed by atoms with Crippen LogP contribution in [0, 0.1) is 0 Å². The molecule has 0 spiro atoms. The van der Waals surface area contributed by atoms with Gasteiger partial charge in [0.1, 0.15) is 11.5 Å². The maximum atomic E-state index is 11.5. The molecular weight excluding hydrogens is 378 g/mol. The highest BCUT2D eigenvalue weighted by Gasteiger charge is 2.19. The average Bonchev–Trinajstić information content (AvgIpc) is 3.10. The monoisotopic (exact) mass is 395 g/mol. The Bertz CT molecular complexity index is 1090. The number of esters is 2. The lowest BCUT2D eigenvalue weighted by Crippen LogP contribution is -2.07. The molecule has 9 heteroatoms. The molecular formula is C20H17N3O6. The number of benzene rings is 2. The zero-order valence-corrected chi connectivity index (χ0v) is 15.9. The SMILES string of the molecule is CC(=O)Nc1ccc(-c2nc(-c3ccccc3OC(C)=O)no2)c(OC(C)=O)c1. The lowest BCUT2D eigenvalue weighted by atomic mass is 10.1. The first-order valence-electron chi connectivity index (χ1n) is 8.55. The summed E-state index contributed by atoms with van der Waals surface area (Å²) in [6, 6.07) is 11.4. The standard InChI is InChI=1S/C20H17N3O6/c1-11(24)21-14-8-9-16(18(10-14)28-13(3)26)20-22-19(23-29-20)15-6-4-5-7-17(15)27-12(2)25/h4-10H,1-3H3,(H,21,24). The van der Waals surface area contributed by atoms with Crippen LogP contribution >= 0.6 is 0 Å². The fourth-order valence-electron chi connectivity index (χ4n) is 2.56. The maximum Gasteiger partial charge on any atom is 0.308 e. The predicted molar refractivity (Wildman–Crippen MR) is 102 cm³/mol. The molecule has 0 radical (unpaired) electrons. The van der Waals surface area contributed by atoms with E-state index in [0.717, 1.165) is 0 Å². The second-order valence-corrected chi connectivity index (χ2v) is 6.00. The van der Waals surface area contributed by atoms with E-state index in [2.05, 4.69) is 15.5 Å². The smallest absolute Gasteiger partial charge is 0.308 e. The van der Waals surface area contributed by atoms with Crippen molar-refractivity contribution >= 4 is 23.5 Å². The highest BCUT2D eigenvalue weighted by atomic mass is 16.5. The molecule has 0 bridgehead atoms. The van der Waals surface area contributed by atoms with Crippen LogP contribution in [0.1, 0.15) is 20.8 Å². The van der Waals surface area contributed by atoms with Crippen LogP contribution in [-0.4, -0.2) is 28.0 Å². The third-order valence-electron chi connectivity index (χ3n) is 3.59. The highest BCUT2D eigenvalue weighted by molar-refractivity contribution is 5.90. The van der Waals surface area contributed by atoms with E-state index in [1.165, 1.54) is 26.8 Å². The van der Waals surface area contributed by atoms with Gasteiger partial charge in [-0.1, -0.05) is 17.3 Å². The van der Waals surface area contributed by atoms with E-state index in [-0.39, 0.29) is 29.1 Å². The molecule has 3 aromatic rings. The Balaban J connectivity index is 2.01. The molecule has 0 aliphatic carbocycles. The van der Waals surface area contributed by atoms with Gasteiger partial charge in [0, 0.05) is 32.5 Å². The van der Waals surface area contributed by atoms with Gasteiger partial charge in [-0.2, -0.15) is 4.98 Å². The quantitative estimate of drug-likeness (QED) is 0.516. The lowest BCUT2D eigenvalue weighted by molar-refractivity contribution is -0.132. The Morgan fingerprint density at radius 2 is 1.59 bits per heavy atom. The largest absolute Gasteiger partial charge is 0.426 e. The number of aromatic nitrogens is 2. The fourth-order valence-corrected chi connectivity index (χ4v) is 2.56. The Hall–Kier alpha value is -4.01. The van der Waals surface area contributed by atoms with Gasteiger partial charge in [-0.05, 0) is 24.3 Å². The van der Waals surface area contributed by atoms with Crippen LogP contribution in [0.2, 0.25) is 0 Å². The molecule has 2 aromatic carbocycles. The number of ether oxygens (including phenoxy) is 2. The van der Waals surface area contributed by atoms with E-state index in [1.54, 1.807) is 36.4 Å². The van der Waals surface area contributed by atoms with Gasteiger partial charge in [0.25, 0.3) is 5.89 Å². The van der Waals surface area contributed by atoms with Crippen molar-refractivity contribution in [2.75, 3.05) is 5.32 Å². The van der Waals surface area contributed by atoms with Gasteiger partial charge >= 0.3 is 11.9 Å². The number of carbonyl (C=O) groups is 3. The molecule has 0 fully saturated rings. The first kappa shape index (κ1) is 19.7. The number of carbonyl (C=O) groups excluding carboxylic acids is 3. The van der Waals surface area contributed by atoms with Crippen molar-refractivity contribution in [1.29, 1.82) is 0 Å². The van der Waals surface area contributed by atoms with Crippen LogP contribution in [0.25, 0.3) is 22.8 Å². The van der Waals surface area contributed by atoms with Crippen molar-refractivity contribution in [3.8, 4) is 34.3 Å². The number of nitrogens with one attached hydrogen (secondary N) is 1. The summed E-state index contributed by atoms with van der Waals surface area (Å²) >= 11 is 0. The lowest BCUT2D eigenvalue weighted by Gasteiger charge is -2.09. The van der Waals surface area contributed by atoms with E-state index >= 15 is 0 Å². The molecule has 0 aliphatic rings. The molecule has 0 saturated carbocycles. The van der Waals surface area contributed by atoms with E-state index in [1.807, 2.05) is 0 Å². The molecule has 1 aromatic heterocycles. The number of amides is 1. The van der Waals surface area contributed by atoms with Gasteiger partial charge < -0.3 is 19.3 Å². The summed E-state index contributed by atoms with van der Waals surface area (Å²) in [6.07, 6.45) is 0. The molecule has 29 heavy (non-hydrogen) atoms. The van der Waals surface area contributed by atoms with Crippen LogP contribution in [0.4, 0.5) is 5.69 Å². The van der Waals surface area contributed by atoms with Crippen molar-refractivity contribution in [2.45, 2.75) is 20.8 Å². The van der Waals surface area contributed by atoms with Crippen molar-refractivity contribution in [3.63, 3.8) is 0 Å². The third kappa shape index (κ3) is 4.83. The maximum absolute atomic E-state index is 11.5. The van der Waals surface area contributed by atoms with Crippen LogP contribution < -0.4 is 14.8 Å². The van der Waals surface area contributed by atoms with E-state index in [4.69, 9.17) is 14.0 Å². The number of hydrogen-bond donors (Lipinski definition) is 1. The van der Waals surface area contributed by atoms with Gasteiger partial charge in [-0.3, -0.25) is 14.4 Å². The molecule has 1 heterocycles. The first-order chi connectivity index (χ1) is 13.8. The second-order valence-electron chi connectivity index (χ2n) is 6.00. The molecule has 1 N–H and O–H groups in total. The molecule has 1 amide bonds. The Labute approximate surface area is 165 Å². The third-order valence-corrected chi connectivity index (χ3v) is 3.59. The van der Waals surface area contributed by atoms with Crippen molar-refractivity contribution in [2.24, 2.45) is 0 Å². The average molecular weight is 395 g/mol. The summed E-state index contributed by atoms with van der Waals surface area (Å²) < 4.78 is 15.7. The topological polar surface area (TPSA) is 121 Å². The van der Waals surface area contributed by atoms with Crippen LogP contribution in [0.15, 0.2) is 47.0 Å². The molecule has 0 unspecified atom stereocenters. The van der Waals surface area contributed by atoms with Gasteiger partial charge in [-0.25, -0.2) is 0 Å². The summed E-state index contributed by atoms with van der Waals surface area (Å²) in [4.78, 5) is 38.4. The van der Waals surface area contributed by atoms with Gasteiger partial charge in [0.15, 0.2) is 0 Å². The number of anilines is 1. The summed E-state index contributed by atoms with van der Waals surface area (Å²) in [5, 5.41) is 6.54. The molecule has 0 atom stereocenters. The molecule has 9 nitrogen and oxygen atoms in total. The zero-order chi connectivity index (χ0) is 21.0. The van der Waals surface area contributed by atoms with Crippen molar-refractivity contribution in [1.82, 2.24) is 10.1 Å². The summed E-state index contributed by atoms with van der Waals surface area (Å²) in [7, 11) is 0. The normalized spacial score (nSPS) is 10.3. The predicted octanol–water partition coefficient (Wildman–Crippen LogP) is 3.21. The van der Waals surface area contributed by atoms with Crippen molar-refractivity contribution < 1.29 is 28.4 Å². The minimum Gasteiger partial charge on any atom is -0.426 e. The number of para-hydroxylation sites is 1. The molecule has 0 aliphatic heterocycles. The summed E-state index contributed by atoms with van der Waals surface area (Å²) in [5.41, 5.74) is 1.26. The number of hydrogen-bond acceptors (Lipinski definition) is 8. The Morgan fingerprint density at radius 3 is 2.28 bits per heavy atom. The van der Waals surface area contributed by atoms with Crippen LogP contribution in [-0.2, 0) is 14.4 Å². The minimum atomic E-state index is -0.550. The molecule has 148 valence electrons. The Kier molecular flexibility index (Phi) is 5.68. The van der Waals surface area contributed by atoms with Crippen molar-refractivity contribution in [3.05, 3.63) is 42.5 Å². The van der Waals surface area contributed by atoms with Crippen LogP contribution in [0.3, 0.4) is 0 Å². The van der Waals surface area contributed by atoms with E-state index in [9.17, 15) is 14.4 Å². The van der Waals surface area contributed by atoms with Gasteiger partial charge in [0.2, 0.25) is 11.7 Å². The summed E-state index contributed by atoms with van der Waals surface area (Å²) in [6.45, 7) is 3.91. The van der Waals surface area contributed by atoms with Gasteiger partial charge in [0.05, 0.1) is 11.1 Å². The number of nitrogens with zero attached hydrogens (tertiary/aromatic N) is 2. The highest BCUT2D eigenvalue weighted by Crippen LogP contribution is 2.34. The van der Waals surface area contributed by atoms with E-state index in [0.29, 0.717) is 16.8 Å². The van der Waals surface area contributed by atoms with Gasteiger partial charge in [-0.15, -0.1) is 0 Å². The minimum absolute atomic E-state index is 0.0863. The first-order valence-corrected chi connectivity index (χ1v) is 8.55. The molecule has 0 saturated heterocycles. The Morgan fingerprint density at radius 1 is 0.897 bits per heavy atom. The molecule has 3 rings (SSSR count).